The molecule has 0 N–H and O–H groups in total. The van der Waals surface area contributed by atoms with Gasteiger partial charge in [-0.15, -0.1) is 11.3 Å². The van der Waals surface area contributed by atoms with Crippen LogP contribution in [0.1, 0.15) is 23.3 Å². The monoisotopic (exact) mass is 359 g/mol. The van der Waals surface area contributed by atoms with E-state index in [0.29, 0.717) is 25.9 Å². The molecule has 6 heteroatoms. The van der Waals surface area contributed by atoms with Gasteiger partial charge in [-0.05, 0) is 35.9 Å². The number of carbonyl (C=O) groups is 2. The largest absolute Gasteiger partial charge is 0.357 e. The van der Waals surface area contributed by atoms with Gasteiger partial charge in [-0.3, -0.25) is 9.59 Å². The minimum Gasteiger partial charge on any atom is -0.357 e. The summed E-state index contributed by atoms with van der Waals surface area (Å²) in [6.07, 6.45) is 6.59. The number of hydrogen-bond acceptors (Lipinski definition) is 3. The van der Waals surface area contributed by atoms with Crippen molar-refractivity contribution in [3.63, 3.8) is 0 Å². The normalized spacial score (nSPS) is 15.2. The summed E-state index contributed by atoms with van der Waals surface area (Å²) in [5, 5.41) is 2.04. The van der Waals surface area contributed by atoms with E-state index in [1.54, 1.807) is 11.3 Å². The van der Waals surface area contributed by atoms with E-state index in [0.717, 1.165) is 31.5 Å². The molecule has 2 aromatic heterocycles. The van der Waals surface area contributed by atoms with Gasteiger partial charge in [0.2, 0.25) is 11.8 Å². The van der Waals surface area contributed by atoms with E-state index in [-0.39, 0.29) is 11.8 Å². The Morgan fingerprint density at radius 1 is 1.08 bits per heavy atom. The molecule has 0 aromatic carbocycles. The van der Waals surface area contributed by atoms with Crippen molar-refractivity contribution in [2.24, 2.45) is 7.05 Å². The number of aromatic nitrogens is 1. The van der Waals surface area contributed by atoms with Gasteiger partial charge >= 0.3 is 0 Å². The van der Waals surface area contributed by atoms with Gasteiger partial charge in [-0.25, -0.2) is 0 Å². The van der Waals surface area contributed by atoms with Gasteiger partial charge in [-0.1, -0.05) is 6.07 Å². The summed E-state index contributed by atoms with van der Waals surface area (Å²) >= 11 is 1.70. The SMILES string of the molecule is Cn1ccc(CC(=O)N2CCCN(C(=O)CCc3cccs3)CC2)c1. The zero-order chi connectivity index (χ0) is 17.6. The Bertz CT molecular complexity index is 708. The van der Waals surface area contributed by atoms with Gasteiger partial charge < -0.3 is 14.4 Å². The Balaban J connectivity index is 1.47. The summed E-state index contributed by atoms with van der Waals surface area (Å²) in [6, 6.07) is 6.08. The third-order valence-electron chi connectivity index (χ3n) is 4.62. The summed E-state index contributed by atoms with van der Waals surface area (Å²) in [5.41, 5.74) is 1.04. The van der Waals surface area contributed by atoms with Crippen molar-refractivity contribution in [3.05, 3.63) is 46.4 Å². The van der Waals surface area contributed by atoms with E-state index in [4.69, 9.17) is 0 Å². The predicted molar refractivity (Wildman–Crippen MR) is 99.5 cm³/mol. The molecule has 0 atom stereocenters. The molecule has 3 heterocycles. The van der Waals surface area contributed by atoms with Crippen LogP contribution in [0.4, 0.5) is 0 Å². The fraction of sp³-hybridized carbons (Fsp3) is 0.474. The van der Waals surface area contributed by atoms with E-state index in [9.17, 15) is 9.59 Å². The lowest BCUT2D eigenvalue weighted by atomic mass is 10.2. The van der Waals surface area contributed by atoms with Crippen molar-refractivity contribution in [1.29, 1.82) is 0 Å². The van der Waals surface area contributed by atoms with Crippen LogP contribution in [-0.4, -0.2) is 52.4 Å². The van der Waals surface area contributed by atoms with Crippen molar-refractivity contribution in [1.82, 2.24) is 14.4 Å². The van der Waals surface area contributed by atoms with E-state index in [1.165, 1.54) is 4.88 Å². The highest BCUT2D eigenvalue weighted by molar-refractivity contribution is 7.09. The highest BCUT2D eigenvalue weighted by atomic mass is 32.1. The molecule has 25 heavy (non-hydrogen) atoms. The molecular weight excluding hydrogens is 334 g/mol. The maximum Gasteiger partial charge on any atom is 0.227 e. The molecule has 3 rings (SSSR count). The van der Waals surface area contributed by atoms with Crippen LogP contribution in [0.2, 0.25) is 0 Å². The van der Waals surface area contributed by atoms with Crippen LogP contribution in [0.5, 0.6) is 0 Å². The summed E-state index contributed by atoms with van der Waals surface area (Å²) < 4.78 is 1.96. The molecular formula is C19H25N3O2S. The lowest BCUT2D eigenvalue weighted by molar-refractivity contribution is -0.133. The second-order valence-corrected chi connectivity index (χ2v) is 7.59. The molecule has 1 aliphatic rings. The number of amides is 2. The number of rotatable bonds is 5. The molecule has 0 radical (unpaired) electrons. The van der Waals surface area contributed by atoms with Crippen LogP contribution in [-0.2, 0) is 29.5 Å². The molecule has 1 aliphatic heterocycles. The van der Waals surface area contributed by atoms with Crippen LogP contribution in [0.3, 0.4) is 0 Å². The molecule has 0 spiro atoms. The second kappa shape index (κ2) is 8.34. The average Bonchev–Trinajstić information content (AvgIpc) is 3.18. The molecule has 0 unspecified atom stereocenters. The summed E-state index contributed by atoms with van der Waals surface area (Å²) in [5.74, 6) is 0.352. The Labute approximate surface area is 152 Å². The van der Waals surface area contributed by atoms with Crippen LogP contribution in [0.25, 0.3) is 0 Å². The smallest absolute Gasteiger partial charge is 0.227 e. The van der Waals surface area contributed by atoms with E-state index in [2.05, 4.69) is 6.07 Å². The Morgan fingerprint density at radius 2 is 1.84 bits per heavy atom. The minimum atomic E-state index is 0.152. The Hall–Kier alpha value is -2.08. The quantitative estimate of drug-likeness (QED) is 0.822. The van der Waals surface area contributed by atoms with Crippen molar-refractivity contribution in [2.45, 2.75) is 25.7 Å². The third kappa shape index (κ3) is 4.95. The lowest BCUT2D eigenvalue weighted by Gasteiger charge is -2.22. The van der Waals surface area contributed by atoms with Crippen molar-refractivity contribution in [3.8, 4) is 0 Å². The van der Waals surface area contributed by atoms with E-state index >= 15 is 0 Å². The van der Waals surface area contributed by atoms with Crippen molar-refractivity contribution in [2.75, 3.05) is 26.2 Å². The fourth-order valence-electron chi connectivity index (χ4n) is 3.21. The molecule has 1 fully saturated rings. The molecule has 0 aliphatic carbocycles. The molecule has 0 saturated carbocycles. The van der Waals surface area contributed by atoms with Gasteiger partial charge in [0, 0.05) is 56.9 Å². The highest BCUT2D eigenvalue weighted by Crippen LogP contribution is 2.13. The van der Waals surface area contributed by atoms with Crippen molar-refractivity contribution < 1.29 is 9.59 Å². The molecule has 0 bridgehead atoms. The number of thiophene rings is 1. The van der Waals surface area contributed by atoms with Crippen LogP contribution >= 0.6 is 11.3 Å². The molecule has 134 valence electrons. The zero-order valence-electron chi connectivity index (χ0n) is 14.7. The summed E-state index contributed by atoms with van der Waals surface area (Å²) in [7, 11) is 1.96. The minimum absolute atomic E-state index is 0.152. The number of aryl methyl sites for hydroxylation is 2. The number of hydrogen-bond donors (Lipinski definition) is 0. The summed E-state index contributed by atoms with van der Waals surface area (Å²) in [4.78, 5) is 30.0. The van der Waals surface area contributed by atoms with E-state index < -0.39 is 0 Å². The first kappa shape index (κ1) is 17.7. The molecule has 5 nitrogen and oxygen atoms in total. The van der Waals surface area contributed by atoms with E-state index in [1.807, 2.05) is 51.3 Å². The van der Waals surface area contributed by atoms with Crippen LogP contribution < -0.4 is 0 Å². The Morgan fingerprint density at radius 3 is 2.48 bits per heavy atom. The maximum absolute atomic E-state index is 12.5. The van der Waals surface area contributed by atoms with Crippen LogP contribution in [0.15, 0.2) is 36.0 Å². The maximum atomic E-state index is 12.5. The first-order valence-corrected chi connectivity index (χ1v) is 9.68. The first-order chi connectivity index (χ1) is 12.1. The molecule has 1 saturated heterocycles. The summed E-state index contributed by atoms with van der Waals surface area (Å²) in [6.45, 7) is 2.76. The van der Waals surface area contributed by atoms with Gasteiger partial charge in [0.1, 0.15) is 0 Å². The topological polar surface area (TPSA) is 45.6 Å². The second-order valence-electron chi connectivity index (χ2n) is 6.56. The zero-order valence-corrected chi connectivity index (χ0v) is 15.5. The van der Waals surface area contributed by atoms with Gasteiger partial charge in [0.05, 0.1) is 6.42 Å². The van der Waals surface area contributed by atoms with Crippen LogP contribution in [0, 0.1) is 0 Å². The van der Waals surface area contributed by atoms with Gasteiger partial charge in [-0.2, -0.15) is 0 Å². The van der Waals surface area contributed by atoms with Crippen molar-refractivity contribution >= 4 is 23.2 Å². The lowest BCUT2D eigenvalue weighted by Crippen LogP contribution is -2.38. The fourth-order valence-corrected chi connectivity index (χ4v) is 3.92. The molecule has 2 amide bonds. The average molecular weight is 359 g/mol. The first-order valence-electron chi connectivity index (χ1n) is 8.80. The molecule has 2 aromatic rings. The standard InChI is InChI=1S/C19H25N3O2S/c1-20-10-7-16(15-20)14-19(24)22-9-3-8-21(11-12-22)18(23)6-5-17-4-2-13-25-17/h2,4,7,10,13,15H,3,5-6,8-9,11-12,14H2,1H3. The Kier molecular flexibility index (Phi) is 5.91. The van der Waals surface area contributed by atoms with Gasteiger partial charge in [0.25, 0.3) is 0 Å². The third-order valence-corrected chi connectivity index (χ3v) is 5.55. The van der Waals surface area contributed by atoms with Gasteiger partial charge in [0.15, 0.2) is 0 Å². The number of nitrogens with zero attached hydrogens (tertiary/aromatic N) is 3. The highest BCUT2D eigenvalue weighted by Gasteiger charge is 2.22. The number of carbonyl (C=O) groups excluding carboxylic acids is 2. The predicted octanol–water partition coefficient (Wildman–Crippen LogP) is 2.32.